The van der Waals surface area contributed by atoms with E-state index in [2.05, 4.69) is 26.0 Å². The quantitative estimate of drug-likeness (QED) is 0.308. The summed E-state index contributed by atoms with van der Waals surface area (Å²) >= 11 is 0. The summed E-state index contributed by atoms with van der Waals surface area (Å²) in [5.41, 5.74) is 2.59. The maximum atomic E-state index is 12.4. The first-order chi connectivity index (χ1) is 15.4. The standard InChI is InChI=1S/C27H26O5/c1-27(2)20-8-14-22(15-9-20)30-18-4-3-5-25(28)19-6-12-23(13-7-19)31-26(29)32-24-16-10-21(27)11-17-24/h6-17H,3-5,18H2,1-2H3. The number of carbonyl (C=O) groups excluding carboxylic acids is 2. The topological polar surface area (TPSA) is 61.8 Å². The van der Waals surface area contributed by atoms with Gasteiger partial charge in [0, 0.05) is 17.4 Å². The van der Waals surface area contributed by atoms with Crippen molar-refractivity contribution >= 4 is 11.9 Å². The number of hydrogen-bond acceptors (Lipinski definition) is 5. The van der Waals surface area contributed by atoms with Crippen molar-refractivity contribution in [2.45, 2.75) is 38.5 Å². The van der Waals surface area contributed by atoms with E-state index >= 15 is 0 Å². The van der Waals surface area contributed by atoms with E-state index in [-0.39, 0.29) is 11.2 Å². The second-order valence-corrected chi connectivity index (χ2v) is 8.38. The molecule has 0 aromatic heterocycles. The van der Waals surface area contributed by atoms with E-state index in [1.807, 2.05) is 24.3 Å². The predicted molar refractivity (Wildman–Crippen MR) is 122 cm³/mol. The Morgan fingerprint density at radius 2 is 1.16 bits per heavy atom. The lowest BCUT2D eigenvalue weighted by Crippen LogP contribution is -2.19. The molecule has 164 valence electrons. The molecule has 0 saturated carbocycles. The number of Topliss-reactive ketones (excluding diaryl/α,β-unsaturated/α-hetero) is 1. The van der Waals surface area contributed by atoms with Crippen LogP contribution in [-0.2, 0) is 5.41 Å². The van der Waals surface area contributed by atoms with Gasteiger partial charge in [-0.1, -0.05) is 38.1 Å². The summed E-state index contributed by atoms with van der Waals surface area (Å²) < 4.78 is 16.4. The first-order valence-electron chi connectivity index (χ1n) is 10.8. The van der Waals surface area contributed by atoms with Crippen molar-refractivity contribution in [2.75, 3.05) is 6.61 Å². The van der Waals surface area contributed by atoms with Gasteiger partial charge in [-0.25, -0.2) is 4.79 Å². The van der Waals surface area contributed by atoms with Crippen molar-refractivity contribution in [1.82, 2.24) is 0 Å². The molecule has 5 aliphatic rings. The molecule has 0 atom stereocenters. The lowest BCUT2D eigenvalue weighted by Gasteiger charge is -2.26. The first-order valence-corrected chi connectivity index (χ1v) is 10.8. The van der Waals surface area contributed by atoms with Crippen LogP contribution in [0.2, 0.25) is 0 Å². The molecular formula is C27H26O5. The van der Waals surface area contributed by atoms with E-state index in [1.54, 1.807) is 36.4 Å². The molecule has 32 heavy (non-hydrogen) atoms. The largest absolute Gasteiger partial charge is 0.519 e. The van der Waals surface area contributed by atoms with Crippen LogP contribution < -0.4 is 14.2 Å². The van der Waals surface area contributed by atoms with Gasteiger partial charge in [0.2, 0.25) is 0 Å². The van der Waals surface area contributed by atoms with Crippen LogP contribution in [0, 0.1) is 0 Å². The molecular weight excluding hydrogens is 404 g/mol. The van der Waals surface area contributed by atoms with Gasteiger partial charge in [-0.3, -0.25) is 4.79 Å². The van der Waals surface area contributed by atoms with Crippen LogP contribution in [0.5, 0.6) is 17.2 Å². The molecule has 5 heteroatoms. The van der Waals surface area contributed by atoms with Crippen molar-refractivity contribution < 1.29 is 23.8 Å². The summed E-state index contributed by atoms with van der Waals surface area (Å²) in [6.45, 7) is 4.85. The molecule has 8 rings (SSSR count). The number of carbonyl (C=O) groups is 2. The van der Waals surface area contributed by atoms with Crippen LogP contribution in [0.25, 0.3) is 0 Å². The molecule has 3 aromatic carbocycles. The van der Waals surface area contributed by atoms with Gasteiger partial charge in [0.15, 0.2) is 5.78 Å². The third-order valence-electron chi connectivity index (χ3n) is 5.80. The molecule has 5 aliphatic heterocycles. The molecule has 5 heterocycles. The van der Waals surface area contributed by atoms with Crippen LogP contribution >= 0.6 is 0 Å². The second-order valence-electron chi connectivity index (χ2n) is 8.38. The summed E-state index contributed by atoms with van der Waals surface area (Å²) in [4.78, 5) is 24.5. The minimum atomic E-state index is -0.825. The fourth-order valence-electron chi connectivity index (χ4n) is 3.72. The first kappa shape index (κ1) is 21.6. The van der Waals surface area contributed by atoms with Crippen molar-refractivity contribution in [3.05, 3.63) is 89.5 Å². The average Bonchev–Trinajstić information content (AvgIpc) is 2.79. The Labute approximate surface area is 187 Å². The van der Waals surface area contributed by atoms with E-state index in [0.29, 0.717) is 30.1 Å². The SMILES string of the molecule is CC1(C)c2ccc(cc2)OCCCCC(=O)c2ccc(cc2)OC(=O)Oc2ccc1cc2. The number of ketones is 1. The lowest BCUT2D eigenvalue weighted by molar-refractivity contribution is 0.0978. The molecule has 0 fully saturated rings. The summed E-state index contributed by atoms with van der Waals surface area (Å²) in [5.74, 6) is 1.58. The third kappa shape index (κ3) is 4.99. The maximum Gasteiger partial charge on any atom is 0.519 e. The molecule has 6 bridgehead atoms. The molecule has 0 spiro atoms. The Morgan fingerprint density at radius 3 is 1.72 bits per heavy atom. The molecule has 0 amide bonds. The molecule has 5 nitrogen and oxygen atoms in total. The van der Waals surface area contributed by atoms with E-state index in [4.69, 9.17) is 14.2 Å². The van der Waals surface area contributed by atoms with Gasteiger partial charge >= 0.3 is 6.16 Å². The fraction of sp³-hybridized carbons (Fsp3) is 0.259. The van der Waals surface area contributed by atoms with Crippen LogP contribution in [0.1, 0.15) is 54.6 Å². The summed E-state index contributed by atoms with van der Waals surface area (Å²) in [7, 11) is 0. The molecule has 0 aliphatic carbocycles. The molecule has 3 aromatic rings. The third-order valence-corrected chi connectivity index (χ3v) is 5.80. The highest BCUT2D eigenvalue weighted by Crippen LogP contribution is 2.33. The van der Waals surface area contributed by atoms with E-state index in [1.165, 1.54) is 0 Å². The predicted octanol–water partition coefficient (Wildman–Crippen LogP) is 6.34. The highest BCUT2D eigenvalue weighted by Gasteiger charge is 2.23. The van der Waals surface area contributed by atoms with Crippen LogP contribution in [0.3, 0.4) is 0 Å². The Morgan fingerprint density at radius 1 is 0.656 bits per heavy atom. The van der Waals surface area contributed by atoms with E-state index in [0.717, 1.165) is 29.7 Å². The number of benzene rings is 3. The van der Waals surface area contributed by atoms with Gasteiger partial charge in [-0.05, 0) is 72.5 Å². The van der Waals surface area contributed by atoms with Gasteiger partial charge in [0.25, 0.3) is 0 Å². The number of ether oxygens (including phenoxy) is 3. The zero-order valence-electron chi connectivity index (χ0n) is 18.3. The average molecular weight is 431 g/mol. The maximum absolute atomic E-state index is 12.4. The zero-order chi connectivity index (χ0) is 22.6. The highest BCUT2D eigenvalue weighted by molar-refractivity contribution is 5.96. The van der Waals surface area contributed by atoms with Crippen molar-refractivity contribution in [3.63, 3.8) is 0 Å². The number of hydrogen-bond donors (Lipinski definition) is 0. The second kappa shape index (κ2) is 9.27. The van der Waals surface area contributed by atoms with E-state index < -0.39 is 6.16 Å². The Balaban J connectivity index is 1.59. The smallest absolute Gasteiger partial charge is 0.494 e. The van der Waals surface area contributed by atoms with Gasteiger partial charge in [0.05, 0.1) is 6.61 Å². The van der Waals surface area contributed by atoms with Crippen LogP contribution in [0.15, 0.2) is 72.8 Å². The summed E-state index contributed by atoms with van der Waals surface area (Å²) in [6, 6.07) is 22.0. The summed E-state index contributed by atoms with van der Waals surface area (Å²) in [5, 5.41) is 0. The van der Waals surface area contributed by atoms with Crippen molar-refractivity contribution in [1.29, 1.82) is 0 Å². The van der Waals surface area contributed by atoms with Crippen molar-refractivity contribution in [3.8, 4) is 17.2 Å². The van der Waals surface area contributed by atoms with E-state index in [9.17, 15) is 9.59 Å². The van der Waals surface area contributed by atoms with Gasteiger partial charge in [0.1, 0.15) is 17.2 Å². The molecule has 0 saturated heterocycles. The molecule has 0 N–H and O–H groups in total. The van der Waals surface area contributed by atoms with Crippen LogP contribution in [-0.4, -0.2) is 18.5 Å². The Kier molecular flexibility index (Phi) is 6.26. The summed E-state index contributed by atoms with van der Waals surface area (Å²) in [6.07, 6.45) is 1.14. The minimum Gasteiger partial charge on any atom is -0.494 e. The number of fused-ring (bicyclic) bond motifs is 1. The lowest BCUT2D eigenvalue weighted by atomic mass is 9.78. The monoisotopic (exact) mass is 430 g/mol. The Hall–Kier alpha value is -3.60. The van der Waals surface area contributed by atoms with Gasteiger partial charge < -0.3 is 14.2 Å². The van der Waals surface area contributed by atoms with Crippen LogP contribution in [0.4, 0.5) is 4.79 Å². The van der Waals surface area contributed by atoms with Gasteiger partial charge in [-0.15, -0.1) is 0 Å². The highest BCUT2D eigenvalue weighted by atomic mass is 16.7. The van der Waals surface area contributed by atoms with Gasteiger partial charge in [-0.2, -0.15) is 0 Å². The molecule has 0 unspecified atom stereocenters. The minimum absolute atomic E-state index is 0.0490. The Bertz CT molecular complexity index is 1080. The number of rotatable bonds is 0. The normalized spacial score (nSPS) is 16.4. The van der Waals surface area contributed by atoms with Crippen molar-refractivity contribution in [2.24, 2.45) is 0 Å². The fourth-order valence-corrected chi connectivity index (χ4v) is 3.72. The zero-order valence-corrected chi connectivity index (χ0v) is 18.3. The molecule has 0 radical (unpaired) electrons.